The van der Waals surface area contributed by atoms with Crippen molar-refractivity contribution in [2.75, 3.05) is 13.1 Å². The molecule has 8 nitrogen and oxygen atoms in total. The van der Waals surface area contributed by atoms with Gasteiger partial charge in [-0.05, 0) is 45.1 Å². The molecule has 3 fully saturated rings. The molecule has 2 aliphatic heterocycles. The monoisotopic (exact) mass is 409 g/mol. The average molecular weight is 409 g/mol. The lowest BCUT2D eigenvalue weighted by molar-refractivity contribution is -0.178. The number of hydrogen-bond donors (Lipinski definition) is 3. The molecule has 0 aromatic heterocycles. The summed E-state index contributed by atoms with van der Waals surface area (Å²) in [7, 11) is 1.15. The fraction of sp³-hybridized carbons (Fsp3) is 0.900. The molecule has 1 unspecified atom stereocenters. The molecule has 3 N–H and O–H groups in total. The van der Waals surface area contributed by atoms with Crippen LogP contribution in [0.3, 0.4) is 0 Å². The summed E-state index contributed by atoms with van der Waals surface area (Å²) in [6.07, 6.45) is 6.85. The van der Waals surface area contributed by atoms with Crippen LogP contribution in [-0.4, -0.2) is 61.7 Å². The number of esters is 1. The van der Waals surface area contributed by atoms with Crippen molar-refractivity contribution in [2.45, 2.75) is 95.0 Å². The second-order valence-corrected chi connectivity index (χ2v) is 8.46. The van der Waals surface area contributed by atoms with E-state index < -0.39 is 18.0 Å². The molecular formula is C20H34BN2O6. The van der Waals surface area contributed by atoms with Crippen LogP contribution in [-0.2, 0) is 19.0 Å². The van der Waals surface area contributed by atoms with Gasteiger partial charge in [0.1, 0.15) is 11.6 Å². The number of carbonyl (C=O) groups is 2. The fourth-order valence-electron chi connectivity index (χ4n) is 5.00. The first-order valence-electron chi connectivity index (χ1n) is 11.1. The molecular weight excluding hydrogens is 375 g/mol. The molecule has 3 aliphatic rings. The first-order chi connectivity index (χ1) is 14.0. The van der Waals surface area contributed by atoms with Crippen LogP contribution >= 0.6 is 0 Å². The summed E-state index contributed by atoms with van der Waals surface area (Å²) in [5, 5.41) is 15.7. The summed E-state index contributed by atoms with van der Waals surface area (Å²) >= 11 is 0. The zero-order valence-electron chi connectivity index (χ0n) is 17.4. The number of carbonyl (C=O) groups excluding carboxylic acids is 2. The topological polar surface area (TPSA) is 106 Å². The van der Waals surface area contributed by atoms with Crippen molar-refractivity contribution in [3.05, 3.63) is 0 Å². The highest BCUT2D eigenvalue weighted by Crippen LogP contribution is 2.38. The van der Waals surface area contributed by atoms with Gasteiger partial charge in [0.05, 0.1) is 0 Å². The van der Waals surface area contributed by atoms with Gasteiger partial charge in [-0.15, -0.1) is 0 Å². The molecule has 2 heterocycles. The lowest BCUT2D eigenvalue weighted by Crippen LogP contribution is -2.54. The Labute approximate surface area is 173 Å². The van der Waals surface area contributed by atoms with Gasteiger partial charge in [0.15, 0.2) is 0 Å². The van der Waals surface area contributed by atoms with Crippen LogP contribution in [0.15, 0.2) is 0 Å². The van der Waals surface area contributed by atoms with E-state index in [1.165, 1.54) is 6.42 Å². The van der Waals surface area contributed by atoms with E-state index in [1.807, 2.05) is 0 Å². The standard InChI is InChI=1S/C20H34BN2O6/c1-14(28-19(25)29-15-7-3-2-4-8-15)27-18(24)20(10-5-6-11-21-26)16-9-12-22-17(16)13-23-20/h14-17,22-23,26H,2-13H2,1H3/t14?,16-,17-,20+/m0/s1. The zero-order valence-corrected chi connectivity index (χ0v) is 17.4. The lowest BCUT2D eigenvalue weighted by Gasteiger charge is -2.33. The summed E-state index contributed by atoms with van der Waals surface area (Å²) in [6.45, 7) is 3.15. The summed E-state index contributed by atoms with van der Waals surface area (Å²) < 4.78 is 16.1. The third-order valence-electron chi connectivity index (χ3n) is 6.49. The minimum absolute atomic E-state index is 0.101. The van der Waals surface area contributed by atoms with E-state index in [0.717, 1.165) is 59.0 Å². The average Bonchev–Trinajstić information content (AvgIpc) is 3.29. The van der Waals surface area contributed by atoms with Gasteiger partial charge in [0.25, 0.3) is 7.48 Å². The van der Waals surface area contributed by atoms with Crippen LogP contribution in [0, 0.1) is 5.92 Å². The molecule has 2 saturated heterocycles. The highest BCUT2D eigenvalue weighted by atomic mass is 16.8. The number of ether oxygens (including phenoxy) is 3. The Morgan fingerprint density at radius 3 is 2.72 bits per heavy atom. The van der Waals surface area contributed by atoms with Crippen molar-refractivity contribution >= 4 is 19.6 Å². The summed E-state index contributed by atoms with van der Waals surface area (Å²) in [4.78, 5) is 25.2. The molecule has 1 saturated carbocycles. The molecule has 3 rings (SSSR count). The van der Waals surface area contributed by atoms with Crippen LogP contribution < -0.4 is 10.6 Å². The van der Waals surface area contributed by atoms with Crippen molar-refractivity contribution in [3.63, 3.8) is 0 Å². The number of hydrogen-bond acceptors (Lipinski definition) is 8. The molecule has 1 aliphatic carbocycles. The van der Waals surface area contributed by atoms with Gasteiger partial charge in [-0.1, -0.05) is 25.6 Å². The first kappa shape index (κ1) is 22.4. The van der Waals surface area contributed by atoms with E-state index >= 15 is 0 Å². The van der Waals surface area contributed by atoms with Crippen LogP contribution in [0.4, 0.5) is 4.79 Å². The van der Waals surface area contributed by atoms with Crippen molar-refractivity contribution < 1.29 is 28.8 Å². The smallest absolute Gasteiger partial charge is 0.454 e. The third-order valence-corrected chi connectivity index (χ3v) is 6.49. The minimum atomic E-state index is -1.00. The second-order valence-electron chi connectivity index (χ2n) is 8.46. The Balaban J connectivity index is 1.53. The van der Waals surface area contributed by atoms with Gasteiger partial charge in [-0.2, -0.15) is 0 Å². The van der Waals surface area contributed by atoms with E-state index in [-0.39, 0.29) is 24.0 Å². The molecule has 163 valence electrons. The van der Waals surface area contributed by atoms with Crippen molar-refractivity contribution in [1.82, 2.24) is 10.6 Å². The third kappa shape index (κ3) is 5.64. The van der Waals surface area contributed by atoms with Gasteiger partial charge in [-0.25, -0.2) is 9.59 Å². The molecule has 0 aromatic carbocycles. The normalized spacial score (nSPS) is 30.4. The zero-order chi connectivity index (χ0) is 20.7. The van der Waals surface area contributed by atoms with Gasteiger partial charge in [0, 0.05) is 25.4 Å². The van der Waals surface area contributed by atoms with E-state index in [1.54, 1.807) is 6.92 Å². The summed E-state index contributed by atoms with van der Waals surface area (Å²) in [6, 6.07) is 0.249. The highest BCUT2D eigenvalue weighted by molar-refractivity contribution is 6.25. The van der Waals surface area contributed by atoms with Gasteiger partial charge < -0.3 is 29.9 Å². The fourth-order valence-corrected chi connectivity index (χ4v) is 5.00. The quantitative estimate of drug-likeness (QED) is 0.229. The molecule has 0 aromatic rings. The highest BCUT2D eigenvalue weighted by Gasteiger charge is 2.55. The first-order valence-corrected chi connectivity index (χ1v) is 11.1. The van der Waals surface area contributed by atoms with E-state index in [0.29, 0.717) is 19.3 Å². The van der Waals surface area contributed by atoms with Crippen LogP contribution in [0.5, 0.6) is 0 Å². The molecule has 0 spiro atoms. The summed E-state index contributed by atoms with van der Waals surface area (Å²) in [5.74, 6) is -0.228. The maximum absolute atomic E-state index is 13.2. The predicted molar refractivity (Wildman–Crippen MR) is 107 cm³/mol. The SMILES string of the molecule is CC(OC(=O)OC1CCCCC1)OC(=O)[C@]1(CCCC[B]O)NC[C@@H]2NCC[C@@H]21. The Hall–Kier alpha value is -1.32. The molecule has 0 bridgehead atoms. The Kier molecular flexibility index (Phi) is 8.20. The number of unbranched alkanes of at least 4 members (excludes halogenated alkanes) is 1. The maximum atomic E-state index is 13.2. The van der Waals surface area contributed by atoms with E-state index in [9.17, 15) is 9.59 Å². The van der Waals surface area contributed by atoms with Crippen molar-refractivity contribution in [1.29, 1.82) is 0 Å². The second kappa shape index (κ2) is 10.6. The Bertz CT molecular complexity index is 559. The van der Waals surface area contributed by atoms with Crippen LogP contribution in [0.25, 0.3) is 0 Å². The van der Waals surface area contributed by atoms with Gasteiger partial charge in [-0.3, -0.25) is 0 Å². The Morgan fingerprint density at radius 2 is 1.97 bits per heavy atom. The van der Waals surface area contributed by atoms with E-state index in [4.69, 9.17) is 19.2 Å². The number of nitrogens with one attached hydrogen (secondary N) is 2. The van der Waals surface area contributed by atoms with Crippen molar-refractivity contribution in [3.8, 4) is 0 Å². The molecule has 4 atom stereocenters. The predicted octanol–water partition coefficient (Wildman–Crippen LogP) is 1.88. The molecule has 9 heteroatoms. The summed E-state index contributed by atoms with van der Waals surface area (Å²) in [5.41, 5.74) is -0.783. The van der Waals surface area contributed by atoms with Crippen molar-refractivity contribution in [2.24, 2.45) is 5.92 Å². The van der Waals surface area contributed by atoms with Gasteiger partial charge >= 0.3 is 12.1 Å². The maximum Gasteiger partial charge on any atom is 0.511 e. The number of rotatable bonds is 9. The van der Waals surface area contributed by atoms with Crippen LogP contribution in [0.1, 0.15) is 64.7 Å². The van der Waals surface area contributed by atoms with E-state index in [2.05, 4.69) is 10.6 Å². The molecule has 1 radical (unpaired) electrons. The minimum Gasteiger partial charge on any atom is -0.454 e. The van der Waals surface area contributed by atoms with Gasteiger partial charge in [0.2, 0.25) is 6.29 Å². The van der Waals surface area contributed by atoms with Crippen LogP contribution in [0.2, 0.25) is 6.32 Å². The Morgan fingerprint density at radius 1 is 1.17 bits per heavy atom. The molecule has 29 heavy (non-hydrogen) atoms. The number of fused-ring (bicyclic) bond motifs is 1. The molecule has 0 amide bonds. The largest absolute Gasteiger partial charge is 0.511 e. The lowest BCUT2D eigenvalue weighted by atomic mass is 9.78.